The third-order valence-corrected chi connectivity index (χ3v) is 6.45. The van der Waals surface area contributed by atoms with Crippen LogP contribution in [0.15, 0.2) is 42.5 Å². The van der Waals surface area contributed by atoms with Crippen LogP contribution in [0, 0.1) is 18.3 Å². The highest BCUT2D eigenvalue weighted by Gasteiger charge is 2.20. The van der Waals surface area contributed by atoms with Crippen molar-refractivity contribution in [3.05, 3.63) is 59.2 Å². The average molecular weight is 404 g/mol. The van der Waals surface area contributed by atoms with E-state index in [1.165, 1.54) is 37.2 Å². The van der Waals surface area contributed by atoms with Crippen molar-refractivity contribution >= 4 is 11.4 Å². The smallest absolute Gasteiger partial charge is 0.0995 e. The predicted molar refractivity (Wildman–Crippen MR) is 124 cm³/mol. The molecule has 0 aliphatic carbocycles. The van der Waals surface area contributed by atoms with Gasteiger partial charge in [-0.15, -0.1) is 0 Å². The van der Waals surface area contributed by atoms with E-state index in [1.807, 2.05) is 12.1 Å². The van der Waals surface area contributed by atoms with Gasteiger partial charge >= 0.3 is 0 Å². The summed E-state index contributed by atoms with van der Waals surface area (Å²) in [5, 5.41) is 13.2. The van der Waals surface area contributed by atoms with E-state index in [9.17, 15) is 5.26 Å². The van der Waals surface area contributed by atoms with Gasteiger partial charge in [0, 0.05) is 57.2 Å². The molecule has 0 bridgehead atoms. The van der Waals surface area contributed by atoms with Gasteiger partial charge in [0.25, 0.3) is 0 Å². The third-order valence-electron chi connectivity index (χ3n) is 6.45. The number of rotatable bonds is 6. The number of hydrogen-bond acceptors (Lipinski definition) is 5. The molecular weight excluding hydrogens is 370 g/mol. The summed E-state index contributed by atoms with van der Waals surface area (Å²) in [6, 6.07) is 17.4. The van der Waals surface area contributed by atoms with Crippen LogP contribution in [-0.4, -0.2) is 55.2 Å². The quantitative estimate of drug-likeness (QED) is 0.789. The van der Waals surface area contributed by atoms with Crippen molar-refractivity contribution in [2.24, 2.45) is 0 Å². The van der Waals surface area contributed by atoms with E-state index in [0.29, 0.717) is 6.17 Å². The number of nitrogens with zero attached hydrogens (tertiary/aromatic N) is 4. The molecule has 30 heavy (non-hydrogen) atoms. The summed E-state index contributed by atoms with van der Waals surface area (Å²) in [6.07, 6.45) is 2.91. The lowest BCUT2D eigenvalue weighted by Gasteiger charge is -2.36. The van der Waals surface area contributed by atoms with Gasteiger partial charge in [-0.1, -0.05) is 17.7 Å². The second-order valence-corrected chi connectivity index (χ2v) is 8.65. The van der Waals surface area contributed by atoms with Crippen molar-refractivity contribution < 1.29 is 0 Å². The van der Waals surface area contributed by atoms with Crippen molar-refractivity contribution in [2.45, 2.75) is 39.4 Å². The molecule has 4 rings (SSSR count). The number of hydrogen-bond donors (Lipinski definition) is 1. The molecule has 2 aliphatic rings. The topological polar surface area (TPSA) is 45.5 Å². The number of piperazine rings is 1. The molecule has 2 heterocycles. The maximum Gasteiger partial charge on any atom is 0.0995 e. The Morgan fingerprint density at radius 1 is 0.967 bits per heavy atom. The monoisotopic (exact) mass is 403 g/mol. The van der Waals surface area contributed by atoms with Gasteiger partial charge in [0.1, 0.15) is 0 Å². The van der Waals surface area contributed by atoms with Gasteiger partial charge in [-0.3, -0.25) is 9.80 Å². The molecule has 5 nitrogen and oxygen atoms in total. The minimum atomic E-state index is 0.325. The molecule has 158 valence electrons. The summed E-state index contributed by atoms with van der Waals surface area (Å²) in [7, 11) is 0. The first-order chi connectivity index (χ1) is 14.6. The summed E-state index contributed by atoms with van der Waals surface area (Å²) < 4.78 is 0. The Morgan fingerprint density at radius 3 is 2.33 bits per heavy atom. The molecule has 5 heteroatoms. The number of nitrogens with one attached hydrogen (secondary N) is 1. The van der Waals surface area contributed by atoms with E-state index < -0.39 is 0 Å². The molecule has 2 aromatic rings. The predicted octanol–water partition coefficient (Wildman–Crippen LogP) is 4.04. The third kappa shape index (κ3) is 4.95. The lowest BCUT2D eigenvalue weighted by molar-refractivity contribution is 0.249. The highest BCUT2D eigenvalue weighted by atomic mass is 15.3. The number of benzene rings is 2. The van der Waals surface area contributed by atoms with Crippen LogP contribution in [0.25, 0.3) is 0 Å². The zero-order chi connectivity index (χ0) is 20.9. The summed E-state index contributed by atoms with van der Waals surface area (Å²) >= 11 is 0. The molecule has 0 aromatic heterocycles. The zero-order valence-electron chi connectivity index (χ0n) is 18.3. The highest BCUT2D eigenvalue weighted by molar-refractivity contribution is 5.53. The van der Waals surface area contributed by atoms with Crippen LogP contribution in [0.2, 0.25) is 0 Å². The van der Waals surface area contributed by atoms with Gasteiger partial charge in [-0.05, 0) is 62.6 Å². The summed E-state index contributed by atoms with van der Waals surface area (Å²) in [5.41, 5.74) is 5.63. The Bertz CT molecular complexity index is 871. The first-order valence-corrected chi connectivity index (χ1v) is 11.2. The molecule has 0 amide bonds. The number of anilines is 2. The molecule has 2 aromatic carbocycles. The van der Waals surface area contributed by atoms with Crippen molar-refractivity contribution in [3.8, 4) is 6.07 Å². The molecule has 2 fully saturated rings. The van der Waals surface area contributed by atoms with Crippen LogP contribution in [0.1, 0.15) is 36.5 Å². The SMILES string of the molecule is Cc1ccc(N2CCN(Cc3cc(NC(C)N4CCCC4)ccc3C#N)CC2)cc1. The van der Waals surface area contributed by atoms with E-state index in [1.54, 1.807) is 0 Å². The minimum absolute atomic E-state index is 0.325. The standard InChI is InChI=1S/C25H33N5/c1-20-5-9-25(10-6-20)30-15-13-28(14-16-30)19-23-17-24(8-7-22(23)18-26)27-21(2)29-11-3-4-12-29/h5-10,17,21,27H,3-4,11-16,19H2,1-2H3. The molecular formula is C25H33N5. The van der Waals surface area contributed by atoms with Crippen LogP contribution in [-0.2, 0) is 6.54 Å². The maximum absolute atomic E-state index is 9.60. The molecule has 2 saturated heterocycles. The molecule has 1 unspecified atom stereocenters. The van der Waals surface area contributed by atoms with Gasteiger partial charge in [-0.25, -0.2) is 0 Å². The Balaban J connectivity index is 1.37. The van der Waals surface area contributed by atoms with Crippen molar-refractivity contribution in [3.63, 3.8) is 0 Å². The number of nitriles is 1. The summed E-state index contributed by atoms with van der Waals surface area (Å²) in [4.78, 5) is 7.41. The van der Waals surface area contributed by atoms with Gasteiger partial charge in [0.2, 0.25) is 0 Å². The minimum Gasteiger partial charge on any atom is -0.370 e. The maximum atomic E-state index is 9.60. The fourth-order valence-corrected chi connectivity index (χ4v) is 4.55. The number of aryl methyl sites for hydroxylation is 1. The summed E-state index contributed by atoms with van der Waals surface area (Å²) in [5.74, 6) is 0. The first kappa shape index (κ1) is 20.7. The van der Waals surface area contributed by atoms with Crippen LogP contribution in [0.3, 0.4) is 0 Å². The van der Waals surface area contributed by atoms with Crippen LogP contribution in [0.5, 0.6) is 0 Å². The van der Waals surface area contributed by atoms with E-state index in [2.05, 4.69) is 70.3 Å². The Kier molecular flexibility index (Phi) is 6.56. The van der Waals surface area contributed by atoms with Gasteiger partial charge in [0.15, 0.2) is 0 Å². The van der Waals surface area contributed by atoms with Gasteiger partial charge < -0.3 is 10.2 Å². The van der Waals surface area contributed by atoms with Gasteiger partial charge in [0.05, 0.1) is 17.8 Å². The molecule has 0 saturated carbocycles. The molecule has 0 radical (unpaired) electrons. The first-order valence-electron chi connectivity index (χ1n) is 11.2. The Hall–Kier alpha value is -2.55. The van der Waals surface area contributed by atoms with Crippen molar-refractivity contribution in [2.75, 3.05) is 49.5 Å². The molecule has 2 aliphatic heterocycles. The Morgan fingerprint density at radius 2 is 1.67 bits per heavy atom. The second-order valence-electron chi connectivity index (χ2n) is 8.65. The van der Waals surface area contributed by atoms with Crippen molar-refractivity contribution in [1.82, 2.24) is 9.80 Å². The van der Waals surface area contributed by atoms with E-state index >= 15 is 0 Å². The largest absolute Gasteiger partial charge is 0.370 e. The lowest BCUT2D eigenvalue weighted by atomic mass is 10.1. The molecule has 1 N–H and O–H groups in total. The van der Waals surface area contributed by atoms with Gasteiger partial charge in [-0.2, -0.15) is 5.26 Å². The fourth-order valence-electron chi connectivity index (χ4n) is 4.55. The molecule has 0 spiro atoms. The van der Waals surface area contributed by atoms with Crippen molar-refractivity contribution in [1.29, 1.82) is 5.26 Å². The Labute approximate surface area is 180 Å². The normalized spacial score (nSPS) is 18.9. The molecule has 1 atom stereocenters. The zero-order valence-corrected chi connectivity index (χ0v) is 18.3. The second kappa shape index (κ2) is 9.51. The van der Waals surface area contributed by atoms with Crippen LogP contribution < -0.4 is 10.2 Å². The van der Waals surface area contributed by atoms with E-state index in [0.717, 1.165) is 49.5 Å². The average Bonchev–Trinajstić information content (AvgIpc) is 3.30. The number of likely N-dealkylation sites (tertiary alicyclic amines) is 1. The van der Waals surface area contributed by atoms with Crippen LogP contribution in [0.4, 0.5) is 11.4 Å². The summed E-state index contributed by atoms with van der Waals surface area (Å²) in [6.45, 7) is 11.6. The van der Waals surface area contributed by atoms with E-state index in [-0.39, 0.29) is 0 Å². The fraction of sp³-hybridized carbons (Fsp3) is 0.480. The lowest BCUT2D eigenvalue weighted by Crippen LogP contribution is -2.46. The highest BCUT2D eigenvalue weighted by Crippen LogP contribution is 2.22. The van der Waals surface area contributed by atoms with E-state index in [4.69, 9.17) is 0 Å². The van der Waals surface area contributed by atoms with Crippen LogP contribution >= 0.6 is 0 Å².